The Morgan fingerprint density at radius 1 is 1.26 bits per heavy atom. The molecule has 0 atom stereocenters. The molecule has 7 nitrogen and oxygen atoms in total. The summed E-state index contributed by atoms with van der Waals surface area (Å²) in [4.78, 5) is 15.9. The number of hydrogen-bond donors (Lipinski definition) is 0. The van der Waals surface area contributed by atoms with Crippen LogP contribution in [0.1, 0.15) is 25.7 Å². The van der Waals surface area contributed by atoms with Crippen molar-refractivity contribution in [2.24, 2.45) is 5.92 Å². The lowest BCUT2D eigenvalue weighted by Gasteiger charge is -2.10. The molecule has 8 heteroatoms. The molecule has 1 aliphatic rings. The Bertz CT molecular complexity index is 540. The molecule has 0 aromatic carbocycles. The van der Waals surface area contributed by atoms with Gasteiger partial charge in [-0.05, 0) is 30.4 Å². The maximum Gasteiger partial charge on any atom is 0.322 e. The minimum Gasteiger partial charge on any atom is -0.463 e. The molecule has 2 aromatic heterocycles. The van der Waals surface area contributed by atoms with Gasteiger partial charge in [0.25, 0.3) is 5.95 Å². The summed E-state index contributed by atoms with van der Waals surface area (Å²) in [5.41, 5.74) is 0. The van der Waals surface area contributed by atoms with Crippen LogP contribution in [0, 0.1) is 5.92 Å². The van der Waals surface area contributed by atoms with Gasteiger partial charge in [0.05, 0.1) is 6.61 Å². The Kier molecular flexibility index (Phi) is 3.54. The van der Waals surface area contributed by atoms with E-state index in [1.54, 1.807) is 0 Å². The molecule has 0 amide bonds. The van der Waals surface area contributed by atoms with Crippen molar-refractivity contribution in [1.82, 2.24) is 29.7 Å². The molecule has 0 N–H and O–H groups in total. The van der Waals surface area contributed by atoms with Gasteiger partial charge in [0, 0.05) is 0 Å². The van der Waals surface area contributed by atoms with Gasteiger partial charge in [-0.1, -0.05) is 12.8 Å². The Balaban J connectivity index is 1.74. The zero-order valence-electron chi connectivity index (χ0n) is 10.2. The lowest BCUT2D eigenvalue weighted by atomic mass is 10.1. The first-order valence-corrected chi connectivity index (χ1v) is 6.58. The van der Waals surface area contributed by atoms with E-state index in [1.165, 1.54) is 43.0 Å². The second-order valence-corrected chi connectivity index (χ2v) is 4.83. The van der Waals surface area contributed by atoms with Crippen LogP contribution >= 0.6 is 11.6 Å². The quantitative estimate of drug-likeness (QED) is 0.848. The van der Waals surface area contributed by atoms with E-state index in [9.17, 15) is 0 Å². The topological polar surface area (TPSA) is 78.6 Å². The first-order chi connectivity index (χ1) is 9.31. The first kappa shape index (κ1) is 12.3. The molecule has 0 aliphatic heterocycles. The van der Waals surface area contributed by atoms with Crippen LogP contribution in [0.4, 0.5) is 0 Å². The van der Waals surface area contributed by atoms with Crippen LogP contribution in [-0.4, -0.2) is 36.3 Å². The predicted molar refractivity (Wildman–Crippen MR) is 67.2 cm³/mol. The summed E-state index contributed by atoms with van der Waals surface area (Å²) in [5, 5.41) is 4.03. The van der Waals surface area contributed by atoms with Gasteiger partial charge >= 0.3 is 6.01 Å². The van der Waals surface area contributed by atoms with E-state index in [0.717, 1.165) is 0 Å². The molecule has 2 aromatic rings. The van der Waals surface area contributed by atoms with Gasteiger partial charge in [-0.3, -0.25) is 0 Å². The Labute approximate surface area is 115 Å². The van der Waals surface area contributed by atoms with Gasteiger partial charge in [0.15, 0.2) is 0 Å². The highest BCUT2D eigenvalue weighted by atomic mass is 35.5. The molecule has 1 saturated carbocycles. The molecule has 19 heavy (non-hydrogen) atoms. The number of rotatable bonds is 4. The van der Waals surface area contributed by atoms with Crippen molar-refractivity contribution in [2.45, 2.75) is 25.7 Å². The Morgan fingerprint density at radius 3 is 2.84 bits per heavy atom. The van der Waals surface area contributed by atoms with E-state index < -0.39 is 0 Å². The summed E-state index contributed by atoms with van der Waals surface area (Å²) in [7, 11) is 0. The Morgan fingerprint density at radius 2 is 2.11 bits per heavy atom. The molecule has 100 valence electrons. The third kappa shape index (κ3) is 2.98. The third-order valence-corrected chi connectivity index (χ3v) is 3.29. The predicted octanol–water partition coefficient (Wildman–Crippen LogP) is 1.67. The van der Waals surface area contributed by atoms with Crippen molar-refractivity contribution < 1.29 is 4.74 Å². The summed E-state index contributed by atoms with van der Waals surface area (Å²) in [6.45, 7) is 0.622. The van der Waals surface area contributed by atoms with Gasteiger partial charge in [-0.25, -0.2) is 4.98 Å². The highest BCUT2D eigenvalue weighted by molar-refractivity contribution is 6.28. The number of ether oxygens (including phenoxy) is 1. The number of nitrogens with zero attached hydrogens (tertiary/aromatic N) is 6. The van der Waals surface area contributed by atoms with Crippen LogP contribution < -0.4 is 4.74 Å². The Hall–Kier alpha value is -1.76. The third-order valence-electron chi connectivity index (χ3n) is 3.12. The van der Waals surface area contributed by atoms with E-state index in [0.29, 0.717) is 18.5 Å². The highest BCUT2D eigenvalue weighted by Gasteiger charge is 2.17. The molecule has 1 fully saturated rings. The van der Waals surface area contributed by atoms with Gasteiger partial charge in [0.2, 0.25) is 5.28 Å². The molecule has 0 saturated heterocycles. The largest absolute Gasteiger partial charge is 0.463 e. The summed E-state index contributed by atoms with van der Waals surface area (Å²) in [6, 6.07) is 0.234. The average Bonchev–Trinajstić information content (AvgIpc) is 3.09. The van der Waals surface area contributed by atoms with Crippen molar-refractivity contribution in [1.29, 1.82) is 0 Å². The van der Waals surface area contributed by atoms with Crippen LogP contribution in [0.3, 0.4) is 0 Å². The molecule has 3 rings (SSSR count). The van der Waals surface area contributed by atoms with Crippen LogP contribution in [0.25, 0.3) is 5.95 Å². The minimum absolute atomic E-state index is 0.0851. The standard InChI is InChI=1S/C11H13ClN6O/c12-9-15-10(18-7-13-6-14-18)17-11(16-9)19-5-8-3-1-2-4-8/h6-8H,1-5H2. The maximum atomic E-state index is 5.86. The first-order valence-electron chi connectivity index (χ1n) is 6.20. The molecule has 1 aliphatic carbocycles. The van der Waals surface area contributed by atoms with Crippen molar-refractivity contribution in [3.05, 3.63) is 17.9 Å². The second-order valence-electron chi connectivity index (χ2n) is 4.49. The lowest BCUT2D eigenvalue weighted by Crippen LogP contribution is -2.12. The molecule has 2 heterocycles. The van der Waals surface area contributed by atoms with Crippen LogP contribution in [0.5, 0.6) is 6.01 Å². The second kappa shape index (κ2) is 5.48. The van der Waals surface area contributed by atoms with Crippen LogP contribution in [0.2, 0.25) is 5.28 Å². The fourth-order valence-corrected chi connectivity index (χ4v) is 2.32. The zero-order chi connectivity index (χ0) is 13.1. The van der Waals surface area contributed by atoms with Crippen molar-refractivity contribution in [3.8, 4) is 12.0 Å². The minimum atomic E-state index is 0.0851. The maximum absolute atomic E-state index is 5.86. The van der Waals surface area contributed by atoms with Crippen LogP contribution in [-0.2, 0) is 0 Å². The SMILES string of the molecule is Clc1nc(OCC2CCCC2)nc(-n2cncn2)n1. The highest BCUT2D eigenvalue weighted by Crippen LogP contribution is 2.25. The number of halogens is 1. The van der Waals surface area contributed by atoms with E-state index in [-0.39, 0.29) is 11.3 Å². The summed E-state index contributed by atoms with van der Waals surface area (Å²) < 4.78 is 7.01. The molecular weight excluding hydrogens is 268 g/mol. The van der Waals surface area contributed by atoms with E-state index >= 15 is 0 Å². The van der Waals surface area contributed by atoms with Crippen LogP contribution in [0.15, 0.2) is 12.7 Å². The average molecular weight is 281 g/mol. The summed E-state index contributed by atoms with van der Waals surface area (Å²) >= 11 is 5.86. The fraction of sp³-hybridized carbons (Fsp3) is 0.545. The number of hydrogen-bond acceptors (Lipinski definition) is 6. The zero-order valence-corrected chi connectivity index (χ0v) is 11.0. The smallest absolute Gasteiger partial charge is 0.322 e. The summed E-state index contributed by atoms with van der Waals surface area (Å²) in [5.74, 6) is 0.893. The van der Waals surface area contributed by atoms with Crippen molar-refractivity contribution in [2.75, 3.05) is 6.61 Å². The van der Waals surface area contributed by atoms with Gasteiger partial charge < -0.3 is 4.74 Å². The number of aromatic nitrogens is 6. The monoisotopic (exact) mass is 280 g/mol. The van der Waals surface area contributed by atoms with E-state index in [4.69, 9.17) is 16.3 Å². The normalized spacial score (nSPS) is 15.8. The fourth-order valence-electron chi connectivity index (χ4n) is 2.17. The van der Waals surface area contributed by atoms with E-state index in [2.05, 4.69) is 25.0 Å². The molecule has 0 spiro atoms. The van der Waals surface area contributed by atoms with Crippen molar-refractivity contribution >= 4 is 11.6 Å². The molecule has 0 unspecified atom stereocenters. The van der Waals surface area contributed by atoms with Gasteiger partial charge in [-0.15, -0.1) is 0 Å². The summed E-state index contributed by atoms with van der Waals surface area (Å²) in [6.07, 6.45) is 7.85. The molecule has 0 bridgehead atoms. The van der Waals surface area contributed by atoms with Gasteiger partial charge in [0.1, 0.15) is 12.7 Å². The molecule has 0 radical (unpaired) electrons. The van der Waals surface area contributed by atoms with Crippen molar-refractivity contribution in [3.63, 3.8) is 0 Å². The van der Waals surface area contributed by atoms with E-state index in [1.807, 2.05) is 0 Å². The lowest BCUT2D eigenvalue weighted by molar-refractivity contribution is 0.233. The molecular formula is C11H13ClN6O. The van der Waals surface area contributed by atoms with Gasteiger partial charge in [-0.2, -0.15) is 24.7 Å².